The van der Waals surface area contributed by atoms with Crippen LogP contribution < -0.4 is 5.32 Å². The minimum absolute atomic E-state index is 0.00943. The Bertz CT molecular complexity index is 353. The van der Waals surface area contributed by atoms with Gasteiger partial charge in [0.1, 0.15) is 5.69 Å². The van der Waals surface area contributed by atoms with Gasteiger partial charge >= 0.3 is 0 Å². The smallest absolute Gasteiger partial charge is 0.272 e. The van der Waals surface area contributed by atoms with Crippen molar-refractivity contribution in [2.24, 2.45) is 7.05 Å². The highest BCUT2D eigenvalue weighted by Gasteiger charge is 2.15. The van der Waals surface area contributed by atoms with Crippen molar-refractivity contribution in [2.75, 3.05) is 18.6 Å². The first kappa shape index (κ1) is 14.1. The van der Waals surface area contributed by atoms with Crippen LogP contribution >= 0.6 is 11.8 Å². The molecule has 0 aliphatic rings. The lowest BCUT2D eigenvalue weighted by Crippen LogP contribution is -2.37. The number of hydrogen-bond donors (Lipinski definition) is 2. The van der Waals surface area contributed by atoms with E-state index in [0.717, 1.165) is 11.4 Å². The lowest BCUT2D eigenvalue weighted by molar-refractivity contribution is 0.0929. The second kappa shape index (κ2) is 6.66. The number of thioether (sulfide) groups is 1. The fraction of sp³-hybridized carbons (Fsp3) is 0.636. The maximum absolute atomic E-state index is 11.9. The number of aliphatic hydroxyl groups is 1. The number of nitrogens with one attached hydrogen (secondary N) is 1. The summed E-state index contributed by atoms with van der Waals surface area (Å²) in [6, 6.07) is 1.74. The number of carbonyl (C=O) groups is 1. The van der Waals surface area contributed by atoms with Crippen LogP contribution in [0.2, 0.25) is 0 Å². The number of rotatable bonds is 6. The molecule has 1 aromatic heterocycles. The van der Waals surface area contributed by atoms with E-state index in [9.17, 15) is 4.79 Å². The molecule has 5 nitrogen and oxygen atoms in total. The van der Waals surface area contributed by atoms with Crippen LogP contribution in [0.15, 0.2) is 6.07 Å². The Morgan fingerprint density at radius 2 is 2.41 bits per heavy atom. The summed E-state index contributed by atoms with van der Waals surface area (Å²) < 4.78 is 1.67. The van der Waals surface area contributed by atoms with E-state index in [1.807, 2.05) is 13.2 Å². The van der Waals surface area contributed by atoms with E-state index in [-0.39, 0.29) is 18.6 Å². The van der Waals surface area contributed by atoms with Crippen molar-refractivity contribution < 1.29 is 9.90 Å². The summed E-state index contributed by atoms with van der Waals surface area (Å²) in [6.45, 7) is 1.98. The molecule has 1 amide bonds. The molecule has 0 aliphatic heterocycles. The average molecular weight is 257 g/mol. The quantitative estimate of drug-likeness (QED) is 0.782. The molecule has 96 valence electrons. The van der Waals surface area contributed by atoms with E-state index in [1.54, 1.807) is 29.6 Å². The summed E-state index contributed by atoms with van der Waals surface area (Å²) in [7, 11) is 1.80. The molecule has 0 saturated carbocycles. The molecule has 6 heteroatoms. The number of amides is 1. The summed E-state index contributed by atoms with van der Waals surface area (Å²) in [4.78, 5) is 11.9. The van der Waals surface area contributed by atoms with Crippen LogP contribution in [0.4, 0.5) is 0 Å². The zero-order chi connectivity index (χ0) is 12.8. The first-order valence-electron chi connectivity index (χ1n) is 5.49. The summed E-state index contributed by atoms with van der Waals surface area (Å²) in [5.41, 5.74) is 1.37. The number of aromatic nitrogens is 2. The van der Waals surface area contributed by atoms with Crippen LogP contribution in [0, 0.1) is 6.92 Å². The van der Waals surface area contributed by atoms with Gasteiger partial charge in [-0.2, -0.15) is 16.9 Å². The SMILES string of the molecule is CSCC(CCO)NC(=O)c1cc(C)n(C)n1. The summed E-state index contributed by atoms with van der Waals surface area (Å²) in [6.07, 6.45) is 2.54. The number of aliphatic hydroxyl groups excluding tert-OH is 1. The van der Waals surface area contributed by atoms with Crippen molar-refractivity contribution in [1.82, 2.24) is 15.1 Å². The lowest BCUT2D eigenvalue weighted by Gasteiger charge is -2.15. The van der Waals surface area contributed by atoms with Crippen molar-refractivity contribution in [1.29, 1.82) is 0 Å². The van der Waals surface area contributed by atoms with Crippen LogP contribution in [0.25, 0.3) is 0 Å². The zero-order valence-corrected chi connectivity index (χ0v) is 11.3. The molecule has 0 aliphatic carbocycles. The molecule has 0 spiro atoms. The second-order valence-electron chi connectivity index (χ2n) is 3.93. The Kier molecular flexibility index (Phi) is 5.50. The van der Waals surface area contributed by atoms with Crippen molar-refractivity contribution in [3.63, 3.8) is 0 Å². The van der Waals surface area contributed by atoms with Crippen LogP contribution in [0.5, 0.6) is 0 Å². The minimum atomic E-state index is -0.179. The van der Waals surface area contributed by atoms with Crippen LogP contribution in [0.1, 0.15) is 22.6 Å². The van der Waals surface area contributed by atoms with Gasteiger partial charge in [0.05, 0.1) is 0 Å². The van der Waals surface area contributed by atoms with Crippen LogP contribution in [0.3, 0.4) is 0 Å². The first-order chi connectivity index (χ1) is 8.08. The third kappa shape index (κ3) is 4.05. The molecular weight excluding hydrogens is 238 g/mol. The fourth-order valence-corrected chi connectivity index (χ4v) is 2.14. The van der Waals surface area contributed by atoms with Gasteiger partial charge in [0.15, 0.2) is 0 Å². The summed E-state index contributed by atoms with van der Waals surface area (Å²) >= 11 is 1.64. The zero-order valence-electron chi connectivity index (χ0n) is 10.4. The molecule has 0 saturated heterocycles. The normalized spacial score (nSPS) is 12.5. The van der Waals surface area contributed by atoms with Gasteiger partial charge < -0.3 is 10.4 Å². The first-order valence-corrected chi connectivity index (χ1v) is 6.89. The molecule has 0 radical (unpaired) electrons. The van der Waals surface area contributed by atoms with Crippen molar-refractivity contribution in [3.05, 3.63) is 17.5 Å². The number of nitrogens with zero attached hydrogens (tertiary/aromatic N) is 2. The van der Waals surface area contributed by atoms with Crippen molar-refractivity contribution in [3.8, 4) is 0 Å². The van der Waals surface area contributed by atoms with Gasteiger partial charge in [-0.3, -0.25) is 9.48 Å². The third-order valence-corrected chi connectivity index (χ3v) is 3.26. The molecule has 1 rings (SSSR count). The summed E-state index contributed by atoms with van der Waals surface area (Å²) in [5, 5.41) is 15.9. The van der Waals surface area contributed by atoms with E-state index in [0.29, 0.717) is 12.1 Å². The number of aryl methyl sites for hydroxylation is 2. The van der Waals surface area contributed by atoms with Crippen LogP contribution in [-0.2, 0) is 7.05 Å². The van der Waals surface area contributed by atoms with Crippen LogP contribution in [-0.4, -0.2) is 45.5 Å². The molecular formula is C11H19N3O2S. The maximum atomic E-state index is 11.9. The largest absolute Gasteiger partial charge is 0.396 e. The van der Waals surface area contributed by atoms with Gasteiger partial charge in [-0.25, -0.2) is 0 Å². The highest BCUT2D eigenvalue weighted by molar-refractivity contribution is 7.98. The van der Waals surface area contributed by atoms with Gasteiger partial charge in [-0.1, -0.05) is 0 Å². The standard InChI is InChI=1S/C11H19N3O2S/c1-8-6-10(13-14(8)2)11(16)12-9(4-5-15)7-17-3/h6,9,15H,4-5,7H2,1-3H3,(H,12,16). The Balaban J connectivity index is 2.63. The second-order valence-corrected chi connectivity index (χ2v) is 4.84. The van der Waals surface area contributed by atoms with E-state index in [4.69, 9.17) is 5.11 Å². The van der Waals surface area contributed by atoms with E-state index in [1.165, 1.54) is 0 Å². The maximum Gasteiger partial charge on any atom is 0.272 e. The van der Waals surface area contributed by atoms with E-state index < -0.39 is 0 Å². The van der Waals surface area contributed by atoms with E-state index >= 15 is 0 Å². The molecule has 0 bridgehead atoms. The van der Waals surface area contributed by atoms with E-state index in [2.05, 4.69) is 10.4 Å². The molecule has 0 aromatic carbocycles. The Hall–Kier alpha value is -1.01. The number of carbonyl (C=O) groups excluding carboxylic acids is 1. The molecule has 0 fully saturated rings. The lowest BCUT2D eigenvalue weighted by atomic mass is 10.2. The van der Waals surface area contributed by atoms with Gasteiger partial charge in [0.25, 0.3) is 5.91 Å². The Morgan fingerprint density at radius 1 is 1.71 bits per heavy atom. The van der Waals surface area contributed by atoms with Gasteiger partial charge in [-0.05, 0) is 25.7 Å². The fourth-order valence-electron chi connectivity index (χ4n) is 1.49. The predicted octanol–water partition coefficient (Wildman–Crippen LogP) is 0.572. The van der Waals surface area contributed by atoms with Gasteiger partial charge in [-0.15, -0.1) is 0 Å². The third-order valence-electron chi connectivity index (χ3n) is 2.53. The Morgan fingerprint density at radius 3 is 2.88 bits per heavy atom. The van der Waals surface area contributed by atoms with Crippen molar-refractivity contribution >= 4 is 17.7 Å². The van der Waals surface area contributed by atoms with Crippen molar-refractivity contribution in [2.45, 2.75) is 19.4 Å². The molecule has 2 N–H and O–H groups in total. The summed E-state index contributed by atoms with van der Waals surface area (Å²) in [5.74, 6) is 0.610. The van der Waals surface area contributed by atoms with Gasteiger partial charge in [0, 0.05) is 31.1 Å². The molecule has 17 heavy (non-hydrogen) atoms. The average Bonchev–Trinajstić information content (AvgIpc) is 2.60. The predicted molar refractivity (Wildman–Crippen MR) is 69.3 cm³/mol. The molecule has 1 heterocycles. The minimum Gasteiger partial charge on any atom is -0.396 e. The molecule has 1 atom stereocenters. The molecule has 1 unspecified atom stereocenters. The Labute approximate surface area is 106 Å². The highest BCUT2D eigenvalue weighted by Crippen LogP contribution is 2.05. The van der Waals surface area contributed by atoms with Gasteiger partial charge in [0.2, 0.25) is 0 Å². The highest BCUT2D eigenvalue weighted by atomic mass is 32.2. The monoisotopic (exact) mass is 257 g/mol. The molecule has 1 aromatic rings. The topological polar surface area (TPSA) is 67.2 Å². The number of hydrogen-bond acceptors (Lipinski definition) is 4.